The molecule has 0 atom stereocenters. The smallest absolute Gasteiger partial charge is 0.418 e. The van der Waals surface area contributed by atoms with Gasteiger partial charge in [-0.25, -0.2) is 0 Å². The summed E-state index contributed by atoms with van der Waals surface area (Å²) in [6, 6.07) is 13.0. The van der Waals surface area contributed by atoms with Gasteiger partial charge >= 0.3 is 6.18 Å². The van der Waals surface area contributed by atoms with Gasteiger partial charge in [-0.1, -0.05) is 30.3 Å². The monoisotopic (exact) mass is 434 g/mol. The molecular weight excluding hydrogens is 405 g/mol. The first kappa shape index (κ1) is 24.0. The number of rotatable bonds is 8. The van der Waals surface area contributed by atoms with Gasteiger partial charge in [-0.15, -0.1) is 0 Å². The number of para-hydroxylation sites is 2. The summed E-state index contributed by atoms with van der Waals surface area (Å²) < 4.78 is 46.2. The average molecular weight is 435 g/mol. The Bertz CT molecular complexity index is 915. The van der Waals surface area contributed by atoms with E-state index < -0.39 is 20.1 Å². The predicted molar refractivity (Wildman–Crippen MR) is 121 cm³/mol. The Hall–Kier alpha value is -2.25. The van der Waals surface area contributed by atoms with E-state index in [0.717, 1.165) is 17.3 Å². The quantitative estimate of drug-likeness (QED) is 0.240. The van der Waals surface area contributed by atoms with Crippen LogP contribution in [0.3, 0.4) is 0 Å². The molecule has 0 radical (unpaired) electrons. The van der Waals surface area contributed by atoms with E-state index in [0.29, 0.717) is 30.9 Å². The van der Waals surface area contributed by atoms with Crippen LogP contribution in [0.1, 0.15) is 30.9 Å². The highest BCUT2D eigenvalue weighted by Gasteiger charge is 2.33. The van der Waals surface area contributed by atoms with Crippen LogP contribution in [0, 0.1) is 6.92 Å². The highest BCUT2D eigenvalue weighted by atomic mass is 28.4. The predicted octanol–water partition coefficient (Wildman–Crippen LogP) is 7.51. The number of hydrogen-bond acceptors (Lipinski definition) is 3. The lowest BCUT2D eigenvalue weighted by atomic mass is 10.1. The first-order valence-corrected chi connectivity index (χ1v) is 13.4. The molecule has 2 aromatic rings. The van der Waals surface area contributed by atoms with Crippen molar-refractivity contribution in [2.45, 2.75) is 52.5 Å². The van der Waals surface area contributed by atoms with Crippen molar-refractivity contribution in [1.82, 2.24) is 0 Å². The number of nitrogens with zero attached hydrogens (tertiary/aromatic N) is 2. The highest BCUT2D eigenvalue weighted by Crippen LogP contribution is 2.36. The number of benzene rings is 2. The lowest BCUT2D eigenvalue weighted by molar-refractivity contribution is -0.137. The Labute approximate surface area is 177 Å². The molecule has 0 aliphatic carbocycles. The number of aliphatic imine (C=N–C) groups is 2. The van der Waals surface area contributed by atoms with Crippen molar-refractivity contribution >= 4 is 31.1 Å². The first-order chi connectivity index (χ1) is 14.0. The Morgan fingerprint density at radius 1 is 0.933 bits per heavy atom. The fourth-order valence-electron chi connectivity index (χ4n) is 2.83. The van der Waals surface area contributed by atoms with E-state index in [1.165, 1.54) is 12.1 Å². The van der Waals surface area contributed by atoms with Crippen LogP contribution in [0.4, 0.5) is 24.5 Å². The van der Waals surface area contributed by atoms with Crippen LogP contribution in [0.25, 0.3) is 0 Å². The van der Waals surface area contributed by atoms with Gasteiger partial charge in [0.1, 0.15) is 0 Å². The second kappa shape index (κ2) is 10.2. The van der Waals surface area contributed by atoms with Gasteiger partial charge in [0, 0.05) is 6.61 Å². The van der Waals surface area contributed by atoms with E-state index >= 15 is 0 Å². The molecule has 0 spiro atoms. The summed E-state index contributed by atoms with van der Waals surface area (Å²) in [4.78, 5) is 9.05. The maximum Gasteiger partial charge on any atom is 0.418 e. The van der Waals surface area contributed by atoms with Crippen molar-refractivity contribution in [3.63, 3.8) is 0 Å². The van der Waals surface area contributed by atoms with Gasteiger partial charge in [-0.2, -0.15) is 13.2 Å². The summed E-state index contributed by atoms with van der Waals surface area (Å²) in [5.74, 6) is 0. The minimum atomic E-state index is -4.47. The zero-order chi connectivity index (χ0) is 22.4. The lowest BCUT2D eigenvalue weighted by Crippen LogP contribution is -2.26. The molecule has 0 saturated heterocycles. The van der Waals surface area contributed by atoms with Gasteiger partial charge in [-0.05, 0) is 70.1 Å². The molecule has 30 heavy (non-hydrogen) atoms. The van der Waals surface area contributed by atoms with E-state index in [1.807, 2.05) is 31.2 Å². The van der Waals surface area contributed by atoms with E-state index in [1.54, 1.807) is 13.0 Å². The molecule has 0 saturated carbocycles. The second-order valence-corrected chi connectivity index (χ2v) is 12.6. The number of alkyl halides is 3. The molecule has 0 heterocycles. The molecule has 0 fully saturated rings. The highest BCUT2D eigenvalue weighted by molar-refractivity contribution is 6.69. The van der Waals surface area contributed by atoms with Crippen molar-refractivity contribution in [1.29, 1.82) is 0 Å². The SMILES string of the molecule is CC(=Nc1ccccc1C)C(CCCO[Si](C)(C)C)=Nc1ccccc1C(F)(F)F. The van der Waals surface area contributed by atoms with Gasteiger partial charge < -0.3 is 4.43 Å². The lowest BCUT2D eigenvalue weighted by Gasteiger charge is -2.17. The van der Waals surface area contributed by atoms with Gasteiger partial charge in [0.2, 0.25) is 0 Å². The molecule has 3 nitrogen and oxygen atoms in total. The third-order valence-corrected chi connectivity index (χ3v) is 5.45. The third-order valence-electron chi connectivity index (χ3n) is 4.38. The Morgan fingerprint density at radius 2 is 1.53 bits per heavy atom. The van der Waals surface area contributed by atoms with Gasteiger partial charge in [-0.3, -0.25) is 9.98 Å². The summed E-state index contributed by atoms with van der Waals surface area (Å²) in [7, 11) is -1.65. The molecule has 0 N–H and O–H groups in total. The van der Waals surface area contributed by atoms with Crippen LogP contribution in [0.15, 0.2) is 58.5 Å². The Kier molecular flexibility index (Phi) is 8.15. The molecule has 0 aliphatic rings. The fourth-order valence-corrected chi connectivity index (χ4v) is 3.58. The van der Waals surface area contributed by atoms with Crippen molar-refractivity contribution < 1.29 is 17.6 Å². The topological polar surface area (TPSA) is 34.0 Å². The summed E-state index contributed by atoms with van der Waals surface area (Å²) >= 11 is 0. The largest absolute Gasteiger partial charge is 0.418 e. The Balaban J connectivity index is 2.39. The number of aryl methyl sites for hydroxylation is 1. The number of hydrogen-bond donors (Lipinski definition) is 0. The van der Waals surface area contributed by atoms with Crippen molar-refractivity contribution in [3.8, 4) is 0 Å². The van der Waals surface area contributed by atoms with Crippen LogP contribution < -0.4 is 0 Å². The molecule has 162 valence electrons. The van der Waals surface area contributed by atoms with E-state index in [4.69, 9.17) is 4.43 Å². The maximum absolute atomic E-state index is 13.4. The van der Waals surface area contributed by atoms with E-state index in [-0.39, 0.29) is 5.69 Å². The van der Waals surface area contributed by atoms with Gasteiger partial charge in [0.15, 0.2) is 8.32 Å². The van der Waals surface area contributed by atoms with Gasteiger partial charge in [0.25, 0.3) is 0 Å². The van der Waals surface area contributed by atoms with Crippen molar-refractivity contribution in [2.75, 3.05) is 6.61 Å². The minimum absolute atomic E-state index is 0.0922. The first-order valence-electron chi connectivity index (χ1n) is 9.96. The standard InChI is InChI=1S/C23H29F3N2OSi/c1-17-11-6-8-13-20(17)27-18(2)21(15-10-16-29-30(3,4)5)28-22-14-9-7-12-19(22)23(24,25)26/h6-9,11-14H,10,15-16H2,1-5H3. The fraction of sp³-hybridized carbons (Fsp3) is 0.391. The van der Waals surface area contributed by atoms with E-state index in [9.17, 15) is 13.2 Å². The van der Waals surface area contributed by atoms with Crippen LogP contribution in [0.5, 0.6) is 0 Å². The summed E-state index contributed by atoms with van der Waals surface area (Å²) in [6.07, 6.45) is -3.32. The van der Waals surface area contributed by atoms with Crippen molar-refractivity contribution in [2.24, 2.45) is 9.98 Å². The van der Waals surface area contributed by atoms with Crippen LogP contribution in [-0.2, 0) is 10.6 Å². The summed E-state index contributed by atoms with van der Waals surface area (Å²) in [6.45, 7) is 10.6. The van der Waals surface area contributed by atoms with Crippen LogP contribution in [0.2, 0.25) is 19.6 Å². The molecule has 7 heteroatoms. The Morgan fingerprint density at radius 3 is 2.13 bits per heavy atom. The third kappa shape index (κ3) is 7.53. The molecule has 0 unspecified atom stereocenters. The van der Waals surface area contributed by atoms with E-state index in [2.05, 4.69) is 29.6 Å². The van der Waals surface area contributed by atoms with Crippen LogP contribution in [-0.4, -0.2) is 26.3 Å². The van der Waals surface area contributed by atoms with Gasteiger partial charge in [0.05, 0.1) is 28.4 Å². The summed E-state index contributed by atoms with van der Waals surface area (Å²) in [5.41, 5.74) is 2.08. The molecular formula is C23H29F3N2OSi. The average Bonchev–Trinajstić information content (AvgIpc) is 2.64. The van der Waals surface area contributed by atoms with Crippen LogP contribution >= 0.6 is 0 Å². The molecule has 0 amide bonds. The van der Waals surface area contributed by atoms with Crippen molar-refractivity contribution in [3.05, 3.63) is 59.7 Å². The second-order valence-electron chi connectivity index (χ2n) is 8.12. The zero-order valence-corrected chi connectivity index (χ0v) is 19.2. The molecule has 0 aliphatic heterocycles. The maximum atomic E-state index is 13.4. The molecule has 0 aromatic heterocycles. The molecule has 2 aromatic carbocycles. The molecule has 2 rings (SSSR count). The zero-order valence-electron chi connectivity index (χ0n) is 18.2. The summed E-state index contributed by atoms with van der Waals surface area (Å²) in [5, 5.41) is 0. The number of halogens is 3. The normalized spacial score (nSPS) is 13.6. The molecule has 0 bridgehead atoms. The minimum Gasteiger partial charge on any atom is -0.418 e.